The highest BCUT2D eigenvalue weighted by molar-refractivity contribution is 4.66. The van der Waals surface area contributed by atoms with Crippen LogP contribution in [-0.4, -0.2) is 411 Å². The first-order chi connectivity index (χ1) is 48.2. The Balaban J connectivity index is 0.000000339. The summed E-state index contributed by atoms with van der Waals surface area (Å²) in [4.78, 5) is 9.21. The molecule has 8 aliphatic rings. The predicted octanol–water partition coefficient (Wildman–Crippen LogP) is 1.92. The summed E-state index contributed by atoms with van der Waals surface area (Å²) in [7, 11) is 0. The number of aliphatic hydroxyl groups excluding tert-OH is 3. The fraction of sp³-hybridized carbons (Fsp3) is 1.00. The molecule has 0 aromatic rings. The second-order valence-corrected chi connectivity index (χ2v) is 24.1. The van der Waals surface area contributed by atoms with Crippen molar-refractivity contribution in [3.05, 3.63) is 0 Å². The van der Waals surface area contributed by atoms with E-state index in [1.807, 2.05) is 0 Å². The van der Waals surface area contributed by atoms with E-state index >= 15 is 0 Å². The van der Waals surface area contributed by atoms with Gasteiger partial charge in [-0.15, -0.1) is 0 Å². The van der Waals surface area contributed by atoms with Crippen LogP contribution in [0.5, 0.6) is 0 Å². The summed E-state index contributed by atoms with van der Waals surface area (Å²) in [6.45, 7) is 38.2. The van der Waals surface area contributed by atoms with Gasteiger partial charge in [-0.3, -0.25) is 19.6 Å². The Kier molecular flexibility index (Phi) is 68.0. The van der Waals surface area contributed by atoms with E-state index in [2.05, 4.69) is 19.6 Å². The lowest BCUT2D eigenvalue weighted by Gasteiger charge is -2.25. The van der Waals surface area contributed by atoms with Crippen molar-refractivity contribution in [3.8, 4) is 0 Å². The maximum atomic E-state index is 8.63. The lowest BCUT2D eigenvalue weighted by atomic mass is 9.98. The van der Waals surface area contributed by atoms with E-state index in [9.17, 15) is 0 Å². The average molecular weight is 1410 g/mol. The average Bonchev–Trinajstić information content (AvgIpc) is 3.98. The molecule has 8 rings (SSSR count). The monoisotopic (exact) mass is 1410 g/mol. The Morgan fingerprint density at radius 2 is 0.361 bits per heavy atom. The number of fused-ring (bicyclic) bond motifs is 42. The number of aliphatic hydroxyl groups is 3. The molecular formula is C69H138N4O24. The van der Waals surface area contributed by atoms with Gasteiger partial charge < -0.3 is 115 Å². The Morgan fingerprint density at radius 3 is 0.546 bits per heavy atom. The summed E-state index contributed by atoms with van der Waals surface area (Å²) in [5, 5.41) is 25.9. The number of nitrogens with zero attached hydrogens (tertiary/aromatic N) is 4. The minimum atomic E-state index is 0.0177. The van der Waals surface area contributed by atoms with Gasteiger partial charge >= 0.3 is 0 Å². The Bertz CT molecular complexity index is 1350. The first kappa shape index (κ1) is 90.1. The second-order valence-electron chi connectivity index (χ2n) is 24.1. The van der Waals surface area contributed by atoms with Gasteiger partial charge in [0.1, 0.15) is 0 Å². The second kappa shape index (κ2) is 73.2. The third-order valence-corrected chi connectivity index (χ3v) is 16.7. The van der Waals surface area contributed by atoms with Crippen LogP contribution in [-0.2, 0) is 99.5 Å². The maximum Gasteiger partial charge on any atom is 0.0701 e. The number of hydrogen-bond donors (Lipinski definition) is 3. The van der Waals surface area contributed by atoms with Gasteiger partial charge in [0.2, 0.25) is 0 Å². The molecule has 0 aliphatic carbocycles. The summed E-state index contributed by atoms with van der Waals surface area (Å²) in [6.07, 6.45) is 9.61. The van der Waals surface area contributed by atoms with Gasteiger partial charge in [-0.25, -0.2) is 0 Å². The van der Waals surface area contributed by atoms with Crippen molar-refractivity contribution in [2.75, 3.05) is 376 Å². The first-order valence-corrected chi connectivity index (χ1v) is 37.0. The van der Waals surface area contributed by atoms with Crippen LogP contribution in [0.25, 0.3) is 0 Å². The first-order valence-electron chi connectivity index (χ1n) is 37.0. The molecule has 0 aromatic heterocycles. The van der Waals surface area contributed by atoms with E-state index in [-0.39, 0.29) is 19.8 Å². The van der Waals surface area contributed by atoms with Gasteiger partial charge in [0, 0.05) is 138 Å². The van der Waals surface area contributed by atoms with E-state index in [4.69, 9.17) is 115 Å². The molecule has 6 bridgehead atoms. The third-order valence-electron chi connectivity index (χ3n) is 16.7. The molecule has 0 unspecified atom stereocenters. The molecule has 3 N–H and O–H groups in total. The fourth-order valence-corrected chi connectivity index (χ4v) is 10.6. The van der Waals surface area contributed by atoms with Gasteiger partial charge in [0.05, 0.1) is 238 Å². The zero-order chi connectivity index (χ0) is 68.6. The van der Waals surface area contributed by atoms with Crippen LogP contribution in [0.15, 0.2) is 0 Å². The van der Waals surface area contributed by atoms with Crippen LogP contribution in [0.1, 0.15) is 57.8 Å². The van der Waals surface area contributed by atoms with Crippen molar-refractivity contribution < 1.29 is 115 Å². The van der Waals surface area contributed by atoms with Crippen LogP contribution in [0.3, 0.4) is 0 Å². The molecule has 0 amide bonds. The van der Waals surface area contributed by atoms with E-state index in [1.54, 1.807) is 0 Å². The van der Waals surface area contributed by atoms with Crippen molar-refractivity contribution in [2.45, 2.75) is 57.8 Å². The lowest BCUT2D eigenvalue weighted by Crippen LogP contribution is -2.37. The zero-order valence-corrected chi connectivity index (χ0v) is 60.1. The van der Waals surface area contributed by atoms with Crippen LogP contribution in [0, 0.1) is 17.8 Å². The van der Waals surface area contributed by atoms with Crippen molar-refractivity contribution in [2.24, 2.45) is 17.8 Å². The summed E-state index contributed by atoms with van der Waals surface area (Å²) in [6, 6.07) is 0. The smallest absolute Gasteiger partial charge is 0.0701 e. The van der Waals surface area contributed by atoms with Gasteiger partial charge in [-0.2, -0.15) is 0 Å². The number of rotatable bonds is 24. The topological polar surface area (TPSA) is 267 Å². The quantitative estimate of drug-likeness (QED) is 0.117. The fourth-order valence-electron chi connectivity index (χ4n) is 10.6. The molecule has 8 aliphatic heterocycles. The van der Waals surface area contributed by atoms with Crippen molar-refractivity contribution in [3.63, 3.8) is 0 Å². The molecule has 97 heavy (non-hydrogen) atoms. The molecule has 0 saturated carbocycles. The van der Waals surface area contributed by atoms with Gasteiger partial charge in [0.15, 0.2) is 0 Å². The van der Waals surface area contributed by atoms with Crippen molar-refractivity contribution in [1.82, 2.24) is 19.6 Å². The molecule has 28 nitrogen and oxygen atoms in total. The molecule has 8 heterocycles. The van der Waals surface area contributed by atoms with Crippen LogP contribution < -0.4 is 0 Å². The maximum absolute atomic E-state index is 8.63. The molecule has 28 heteroatoms. The minimum Gasteiger partial charge on any atom is -0.394 e. The lowest BCUT2D eigenvalue weighted by molar-refractivity contribution is -0.00386. The van der Waals surface area contributed by atoms with E-state index < -0.39 is 0 Å². The number of hydrogen-bond acceptors (Lipinski definition) is 28. The van der Waals surface area contributed by atoms with Crippen molar-refractivity contribution in [1.29, 1.82) is 0 Å². The molecule has 578 valence electrons. The molecule has 0 spiro atoms. The Hall–Kier alpha value is -1.12. The highest BCUT2D eigenvalue weighted by Crippen LogP contribution is 2.19. The molecular weight excluding hydrogens is 1270 g/mol. The largest absolute Gasteiger partial charge is 0.394 e. The summed E-state index contributed by atoms with van der Waals surface area (Å²) in [5.41, 5.74) is 0. The summed E-state index contributed by atoms with van der Waals surface area (Å²) in [5.74, 6) is 1.79. The molecule has 8 fully saturated rings. The highest BCUT2D eigenvalue weighted by Gasteiger charge is 2.16. The van der Waals surface area contributed by atoms with Crippen LogP contribution >= 0.6 is 0 Å². The SMILES string of the molecule is C1COCCC2CCOCCOCCC(CCO1)CCOCC2.C1COCCN2CCOCCN(CCO1)CCOCC2.C1COCCN2CCOCCOCCC(CCO1)CCOCCOCC2.OCCOCCOCCN(CCOCCOCCO)CCOCCOCCO. The van der Waals surface area contributed by atoms with E-state index in [0.29, 0.717) is 196 Å². The minimum absolute atomic E-state index is 0.0177. The van der Waals surface area contributed by atoms with Crippen LogP contribution in [0.4, 0.5) is 0 Å². The molecule has 0 atom stereocenters. The predicted molar refractivity (Wildman–Crippen MR) is 366 cm³/mol. The Labute approximate surface area is 583 Å². The van der Waals surface area contributed by atoms with Gasteiger partial charge in [-0.05, 0) is 75.5 Å². The third kappa shape index (κ3) is 61.0. The molecule has 0 radical (unpaired) electrons. The standard InChI is InChI=1S/C19H37NO6.C18H39NO9.C18H34O5.C14H28N2O4/c1-7-21-13-16-24-10-4-20-5-11-25-17-14-22-8-2-19(1)3-9-23-15-18-26-12-6-20;20-4-10-26-16-13-23-7-1-19(2-8-24-14-17-27-11-5-21)3-9-25-15-18-28-12-6-22;1-7-19-8-2-18-5-11-22-15-13-20-9-3-17(1)4-10-21-14-16-23-12-6-18;1-7-17-9-3-16-4-10-18-8-2-15(1)5-11-19-13-14-20-12-6-16/h19H,1-18H2;20-22H,1-18H2;17-18H,1-16H2;1-14H2. The van der Waals surface area contributed by atoms with Crippen LogP contribution in [0.2, 0.25) is 0 Å². The van der Waals surface area contributed by atoms with Gasteiger partial charge in [0.25, 0.3) is 0 Å². The zero-order valence-electron chi connectivity index (χ0n) is 60.1. The van der Waals surface area contributed by atoms with Gasteiger partial charge in [-0.1, -0.05) is 0 Å². The molecule has 8 saturated heterocycles. The molecule has 0 aromatic carbocycles. The normalized spacial score (nSPS) is 25.6. The highest BCUT2D eigenvalue weighted by atomic mass is 16.6. The summed E-state index contributed by atoms with van der Waals surface area (Å²) >= 11 is 0. The number of ether oxygens (including phenoxy) is 21. The Morgan fingerprint density at radius 1 is 0.206 bits per heavy atom. The summed E-state index contributed by atoms with van der Waals surface area (Å²) < 4.78 is 118. The van der Waals surface area contributed by atoms with E-state index in [0.717, 1.165) is 235 Å². The van der Waals surface area contributed by atoms with Crippen molar-refractivity contribution >= 4 is 0 Å². The van der Waals surface area contributed by atoms with E-state index in [1.165, 1.54) is 0 Å².